The predicted octanol–water partition coefficient (Wildman–Crippen LogP) is 1.52. The van der Waals surface area contributed by atoms with Gasteiger partial charge in [0.1, 0.15) is 5.75 Å². The summed E-state index contributed by atoms with van der Waals surface area (Å²) >= 11 is 5.58. The van der Waals surface area contributed by atoms with Gasteiger partial charge in [-0.2, -0.15) is 0 Å². The molecular formula is C9H10ClNO3. The molecule has 1 atom stereocenters. The number of benzene rings is 1. The molecule has 14 heavy (non-hydrogen) atoms. The number of phenols is 1. The Morgan fingerprint density at radius 1 is 1.57 bits per heavy atom. The lowest BCUT2D eigenvalue weighted by Crippen LogP contribution is -2.14. The summed E-state index contributed by atoms with van der Waals surface area (Å²) in [6, 6.07) is 3.81. The molecule has 0 aliphatic carbocycles. The van der Waals surface area contributed by atoms with E-state index in [1.807, 2.05) is 0 Å². The van der Waals surface area contributed by atoms with Crippen LogP contribution in [0.3, 0.4) is 0 Å². The van der Waals surface area contributed by atoms with Crippen molar-refractivity contribution in [2.45, 2.75) is 12.5 Å². The Bertz CT molecular complexity index is 354. The second-order valence-electron chi connectivity index (χ2n) is 2.92. The van der Waals surface area contributed by atoms with Gasteiger partial charge in [0, 0.05) is 6.04 Å². The topological polar surface area (TPSA) is 83.6 Å². The SMILES string of the molecule is N[C@H](CC(=O)O)c1ccc(Cl)c(O)c1. The summed E-state index contributed by atoms with van der Waals surface area (Å²) in [6.07, 6.45) is -0.179. The van der Waals surface area contributed by atoms with E-state index < -0.39 is 12.0 Å². The van der Waals surface area contributed by atoms with Gasteiger partial charge in [-0.3, -0.25) is 4.79 Å². The van der Waals surface area contributed by atoms with Crippen LogP contribution >= 0.6 is 11.6 Å². The normalized spacial score (nSPS) is 12.4. The number of hydrogen-bond donors (Lipinski definition) is 3. The number of halogens is 1. The number of nitrogens with two attached hydrogens (primary N) is 1. The van der Waals surface area contributed by atoms with E-state index in [2.05, 4.69) is 0 Å². The van der Waals surface area contributed by atoms with E-state index in [4.69, 9.17) is 22.4 Å². The average Bonchev–Trinajstić information content (AvgIpc) is 2.08. The van der Waals surface area contributed by atoms with E-state index in [1.54, 1.807) is 6.07 Å². The summed E-state index contributed by atoms with van der Waals surface area (Å²) in [6.45, 7) is 0. The van der Waals surface area contributed by atoms with Gasteiger partial charge < -0.3 is 15.9 Å². The third-order valence-corrected chi connectivity index (χ3v) is 2.11. The summed E-state index contributed by atoms with van der Waals surface area (Å²) in [5, 5.41) is 18.0. The van der Waals surface area contributed by atoms with E-state index in [0.717, 1.165) is 0 Å². The molecule has 76 valence electrons. The second-order valence-corrected chi connectivity index (χ2v) is 3.32. The number of phenolic OH excluding ortho intramolecular Hbond substituents is 1. The summed E-state index contributed by atoms with van der Waals surface area (Å²) in [5.41, 5.74) is 6.13. The van der Waals surface area contributed by atoms with Crippen molar-refractivity contribution in [2.75, 3.05) is 0 Å². The van der Waals surface area contributed by atoms with Crippen molar-refractivity contribution in [1.29, 1.82) is 0 Å². The molecule has 0 amide bonds. The van der Waals surface area contributed by atoms with Crippen LogP contribution in [0.25, 0.3) is 0 Å². The lowest BCUT2D eigenvalue weighted by Gasteiger charge is -2.09. The van der Waals surface area contributed by atoms with Crippen LogP contribution < -0.4 is 5.73 Å². The fraction of sp³-hybridized carbons (Fsp3) is 0.222. The molecule has 0 bridgehead atoms. The predicted molar refractivity (Wildman–Crippen MR) is 52.3 cm³/mol. The summed E-state index contributed by atoms with van der Waals surface area (Å²) < 4.78 is 0. The van der Waals surface area contributed by atoms with Crippen LogP contribution in [0.2, 0.25) is 5.02 Å². The van der Waals surface area contributed by atoms with Gasteiger partial charge in [0.2, 0.25) is 0 Å². The van der Waals surface area contributed by atoms with Gasteiger partial charge in [0.05, 0.1) is 11.4 Å². The number of aliphatic carboxylic acids is 1. The summed E-state index contributed by atoms with van der Waals surface area (Å²) in [5.74, 6) is -1.07. The molecule has 0 saturated heterocycles. The smallest absolute Gasteiger partial charge is 0.305 e. The Kier molecular flexibility index (Phi) is 3.33. The maximum absolute atomic E-state index is 10.4. The highest BCUT2D eigenvalue weighted by Gasteiger charge is 2.11. The third-order valence-electron chi connectivity index (χ3n) is 1.79. The van der Waals surface area contributed by atoms with Gasteiger partial charge in [-0.15, -0.1) is 0 Å². The molecule has 0 heterocycles. The van der Waals surface area contributed by atoms with Gasteiger partial charge in [0.15, 0.2) is 0 Å². The van der Waals surface area contributed by atoms with Crippen molar-refractivity contribution in [3.63, 3.8) is 0 Å². The minimum absolute atomic E-state index is 0.0926. The van der Waals surface area contributed by atoms with Crippen molar-refractivity contribution in [1.82, 2.24) is 0 Å². The highest BCUT2D eigenvalue weighted by atomic mass is 35.5. The minimum Gasteiger partial charge on any atom is -0.506 e. The third kappa shape index (κ3) is 2.61. The van der Waals surface area contributed by atoms with Crippen LogP contribution in [0.4, 0.5) is 0 Å². The zero-order valence-corrected chi connectivity index (χ0v) is 8.03. The Labute approximate surface area is 85.9 Å². The van der Waals surface area contributed by atoms with Crippen LogP contribution in [0.5, 0.6) is 5.75 Å². The standard InChI is InChI=1S/C9H10ClNO3/c10-6-2-1-5(3-8(6)12)7(11)4-9(13)14/h1-3,7,12H,4,11H2,(H,13,14)/t7-/m1/s1. The number of carbonyl (C=O) groups is 1. The quantitative estimate of drug-likeness (QED) is 0.714. The molecule has 4 nitrogen and oxygen atoms in total. The maximum atomic E-state index is 10.4. The maximum Gasteiger partial charge on any atom is 0.305 e. The largest absolute Gasteiger partial charge is 0.506 e. The lowest BCUT2D eigenvalue weighted by molar-refractivity contribution is -0.137. The van der Waals surface area contributed by atoms with Crippen LogP contribution in [0.1, 0.15) is 18.0 Å². The highest BCUT2D eigenvalue weighted by Crippen LogP contribution is 2.26. The van der Waals surface area contributed by atoms with E-state index in [0.29, 0.717) is 5.56 Å². The molecule has 0 fully saturated rings. The monoisotopic (exact) mass is 215 g/mol. The number of carboxylic acids is 1. The molecule has 0 saturated carbocycles. The van der Waals surface area contributed by atoms with Crippen molar-refractivity contribution in [3.05, 3.63) is 28.8 Å². The van der Waals surface area contributed by atoms with Gasteiger partial charge in [-0.25, -0.2) is 0 Å². The molecular weight excluding hydrogens is 206 g/mol. The van der Waals surface area contributed by atoms with E-state index in [9.17, 15) is 9.90 Å². The molecule has 1 aromatic carbocycles. The zero-order chi connectivity index (χ0) is 10.7. The van der Waals surface area contributed by atoms with Crippen LogP contribution in [-0.4, -0.2) is 16.2 Å². The first kappa shape index (κ1) is 10.8. The molecule has 0 radical (unpaired) electrons. The fourth-order valence-electron chi connectivity index (χ4n) is 1.07. The molecule has 1 rings (SSSR count). The molecule has 0 unspecified atom stereocenters. The van der Waals surface area contributed by atoms with E-state index in [-0.39, 0.29) is 17.2 Å². The van der Waals surface area contributed by atoms with Crippen molar-refractivity contribution in [2.24, 2.45) is 5.73 Å². The van der Waals surface area contributed by atoms with Gasteiger partial charge in [0.25, 0.3) is 0 Å². The molecule has 0 aliphatic rings. The number of carboxylic acid groups (broad SMARTS) is 1. The summed E-state index contributed by atoms with van der Waals surface area (Å²) in [7, 11) is 0. The molecule has 0 aromatic heterocycles. The molecule has 1 aromatic rings. The first-order chi connectivity index (χ1) is 6.50. The lowest BCUT2D eigenvalue weighted by atomic mass is 10.0. The minimum atomic E-state index is -0.980. The Morgan fingerprint density at radius 2 is 2.21 bits per heavy atom. The molecule has 5 heteroatoms. The van der Waals surface area contributed by atoms with Crippen LogP contribution in [-0.2, 0) is 4.79 Å². The second kappa shape index (κ2) is 4.30. The van der Waals surface area contributed by atoms with E-state index in [1.165, 1.54) is 12.1 Å². The van der Waals surface area contributed by atoms with Crippen molar-refractivity contribution >= 4 is 17.6 Å². The van der Waals surface area contributed by atoms with E-state index >= 15 is 0 Å². The van der Waals surface area contributed by atoms with Gasteiger partial charge >= 0.3 is 5.97 Å². The molecule has 0 spiro atoms. The van der Waals surface area contributed by atoms with Crippen molar-refractivity contribution in [3.8, 4) is 5.75 Å². The van der Waals surface area contributed by atoms with Crippen LogP contribution in [0, 0.1) is 0 Å². The Hall–Kier alpha value is -1.26. The van der Waals surface area contributed by atoms with Crippen LogP contribution in [0.15, 0.2) is 18.2 Å². The van der Waals surface area contributed by atoms with Gasteiger partial charge in [-0.1, -0.05) is 17.7 Å². The number of hydrogen-bond acceptors (Lipinski definition) is 3. The number of rotatable bonds is 3. The fourth-order valence-corrected chi connectivity index (χ4v) is 1.18. The van der Waals surface area contributed by atoms with Crippen molar-refractivity contribution < 1.29 is 15.0 Å². The highest BCUT2D eigenvalue weighted by molar-refractivity contribution is 6.32. The average molecular weight is 216 g/mol. The zero-order valence-electron chi connectivity index (χ0n) is 7.27. The van der Waals surface area contributed by atoms with Gasteiger partial charge in [-0.05, 0) is 17.7 Å². The Balaban J connectivity index is 2.85. The first-order valence-electron chi connectivity index (χ1n) is 3.96. The Morgan fingerprint density at radius 3 is 2.71 bits per heavy atom. The number of aromatic hydroxyl groups is 1. The summed E-state index contributed by atoms with van der Waals surface area (Å²) in [4.78, 5) is 10.4. The molecule has 0 aliphatic heterocycles. The first-order valence-corrected chi connectivity index (χ1v) is 4.34. The molecule has 4 N–H and O–H groups in total.